The Bertz CT molecular complexity index is 227. The fraction of sp³-hybridized carbons (Fsp3) is 0.909. The molecule has 2 N–H and O–H groups in total. The lowest BCUT2D eigenvalue weighted by atomic mass is 10.0. The van der Waals surface area contributed by atoms with Gasteiger partial charge in [-0.15, -0.1) is 0 Å². The average molecular weight is 212 g/mol. The molecule has 0 aromatic heterocycles. The third-order valence-corrected chi connectivity index (χ3v) is 3.21. The van der Waals surface area contributed by atoms with E-state index in [1.807, 2.05) is 6.92 Å². The SMILES string of the molecule is CC1CC(C(=O)N[C@H]2CCCNC2)CO1. The molecular formula is C11H20N2O2. The van der Waals surface area contributed by atoms with Crippen LogP contribution < -0.4 is 10.6 Å². The van der Waals surface area contributed by atoms with Crippen LogP contribution in [0.5, 0.6) is 0 Å². The normalized spacial score (nSPS) is 36.5. The minimum absolute atomic E-state index is 0.0712. The van der Waals surface area contributed by atoms with Crippen LogP contribution in [0.15, 0.2) is 0 Å². The van der Waals surface area contributed by atoms with Crippen LogP contribution in [0.25, 0.3) is 0 Å². The number of rotatable bonds is 2. The smallest absolute Gasteiger partial charge is 0.225 e. The highest BCUT2D eigenvalue weighted by molar-refractivity contribution is 5.79. The van der Waals surface area contributed by atoms with Crippen molar-refractivity contribution in [3.8, 4) is 0 Å². The number of hydrogen-bond acceptors (Lipinski definition) is 3. The molecule has 4 nitrogen and oxygen atoms in total. The Balaban J connectivity index is 1.76. The van der Waals surface area contributed by atoms with E-state index in [0.29, 0.717) is 12.6 Å². The first-order valence-electron chi connectivity index (χ1n) is 5.88. The lowest BCUT2D eigenvalue weighted by molar-refractivity contribution is -0.125. The fourth-order valence-corrected chi connectivity index (χ4v) is 2.29. The van der Waals surface area contributed by atoms with Crippen LogP contribution in [0.1, 0.15) is 26.2 Å². The molecule has 1 amide bonds. The Hall–Kier alpha value is -0.610. The maximum absolute atomic E-state index is 11.8. The van der Waals surface area contributed by atoms with E-state index in [1.165, 1.54) is 0 Å². The van der Waals surface area contributed by atoms with Crippen molar-refractivity contribution >= 4 is 5.91 Å². The van der Waals surface area contributed by atoms with Gasteiger partial charge in [-0.05, 0) is 32.7 Å². The topological polar surface area (TPSA) is 50.4 Å². The molecular weight excluding hydrogens is 192 g/mol. The van der Waals surface area contributed by atoms with Crippen molar-refractivity contribution in [2.24, 2.45) is 5.92 Å². The van der Waals surface area contributed by atoms with Gasteiger partial charge in [0, 0.05) is 12.6 Å². The molecule has 2 rings (SSSR count). The summed E-state index contributed by atoms with van der Waals surface area (Å²) < 4.78 is 5.40. The highest BCUT2D eigenvalue weighted by Crippen LogP contribution is 2.19. The Morgan fingerprint density at radius 3 is 3.00 bits per heavy atom. The molecule has 0 aromatic rings. The van der Waals surface area contributed by atoms with Crippen LogP contribution >= 0.6 is 0 Å². The summed E-state index contributed by atoms with van der Waals surface area (Å²) in [5.74, 6) is 0.245. The first-order chi connectivity index (χ1) is 7.25. The van der Waals surface area contributed by atoms with Gasteiger partial charge < -0.3 is 15.4 Å². The van der Waals surface area contributed by atoms with Gasteiger partial charge in [0.05, 0.1) is 18.6 Å². The van der Waals surface area contributed by atoms with E-state index in [2.05, 4.69) is 10.6 Å². The van der Waals surface area contributed by atoms with E-state index < -0.39 is 0 Å². The molecule has 0 spiro atoms. The van der Waals surface area contributed by atoms with Gasteiger partial charge in [-0.3, -0.25) is 4.79 Å². The van der Waals surface area contributed by atoms with E-state index in [9.17, 15) is 4.79 Å². The van der Waals surface area contributed by atoms with Gasteiger partial charge in [-0.25, -0.2) is 0 Å². The molecule has 3 atom stereocenters. The Labute approximate surface area is 90.8 Å². The van der Waals surface area contributed by atoms with E-state index in [1.54, 1.807) is 0 Å². The number of ether oxygens (including phenoxy) is 1. The number of carbonyl (C=O) groups excluding carboxylic acids is 1. The monoisotopic (exact) mass is 212 g/mol. The van der Waals surface area contributed by atoms with Gasteiger partial charge in [-0.2, -0.15) is 0 Å². The molecule has 2 heterocycles. The zero-order chi connectivity index (χ0) is 10.7. The van der Waals surface area contributed by atoms with Crippen LogP contribution in [-0.4, -0.2) is 37.7 Å². The third kappa shape index (κ3) is 2.92. The number of piperidine rings is 1. The van der Waals surface area contributed by atoms with Crippen LogP contribution in [0, 0.1) is 5.92 Å². The van der Waals surface area contributed by atoms with Crippen molar-refractivity contribution in [2.45, 2.75) is 38.3 Å². The second kappa shape index (κ2) is 4.94. The number of carbonyl (C=O) groups is 1. The minimum Gasteiger partial charge on any atom is -0.378 e. The second-order valence-electron chi connectivity index (χ2n) is 4.63. The first kappa shape index (κ1) is 10.9. The molecule has 0 aliphatic carbocycles. The highest BCUT2D eigenvalue weighted by Gasteiger charge is 2.29. The van der Waals surface area contributed by atoms with Gasteiger partial charge >= 0.3 is 0 Å². The van der Waals surface area contributed by atoms with Gasteiger partial charge in [0.2, 0.25) is 5.91 Å². The quantitative estimate of drug-likeness (QED) is 0.691. The summed E-state index contributed by atoms with van der Waals surface area (Å²) in [6.45, 7) is 4.60. The molecule has 2 saturated heterocycles. The predicted octanol–water partition coefficient (Wildman–Crippen LogP) is 0.280. The largest absolute Gasteiger partial charge is 0.378 e. The van der Waals surface area contributed by atoms with E-state index in [0.717, 1.165) is 32.4 Å². The van der Waals surface area contributed by atoms with E-state index in [4.69, 9.17) is 4.74 Å². The summed E-state index contributed by atoms with van der Waals surface area (Å²) in [5, 5.41) is 6.39. The average Bonchev–Trinajstić information content (AvgIpc) is 2.66. The molecule has 2 fully saturated rings. The van der Waals surface area contributed by atoms with Gasteiger partial charge in [0.25, 0.3) is 0 Å². The van der Waals surface area contributed by atoms with Gasteiger partial charge in [0.1, 0.15) is 0 Å². The van der Waals surface area contributed by atoms with Gasteiger partial charge in [0.15, 0.2) is 0 Å². The molecule has 15 heavy (non-hydrogen) atoms. The maximum Gasteiger partial charge on any atom is 0.225 e. The van der Waals surface area contributed by atoms with Crippen LogP contribution in [0.3, 0.4) is 0 Å². The number of nitrogens with one attached hydrogen (secondary N) is 2. The maximum atomic E-state index is 11.8. The molecule has 2 aliphatic heterocycles. The zero-order valence-electron chi connectivity index (χ0n) is 9.29. The molecule has 2 unspecified atom stereocenters. The summed E-state index contributed by atoms with van der Waals surface area (Å²) >= 11 is 0. The van der Waals surface area contributed by atoms with E-state index >= 15 is 0 Å². The van der Waals surface area contributed by atoms with Crippen LogP contribution in [0.2, 0.25) is 0 Å². The van der Waals surface area contributed by atoms with Crippen molar-refractivity contribution in [1.29, 1.82) is 0 Å². The van der Waals surface area contributed by atoms with Crippen molar-refractivity contribution in [2.75, 3.05) is 19.7 Å². The summed E-state index contributed by atoms with van der Waals surface area (Å²) in [4.78, 5) is 11.8. The van der Waals surface area contributed by atoms with Crippen molar-refractivity contribution in [3.63, 3.8) is 0 Å². The lowest BCUT2D eigenvalue weighted by Crippen LogP contribution is -2.47. The Morgan fingerprint density at radius 2 is 2.40 bits per heavy atom. The predicted molar refractivity (Wildman–Crippen MR) is 57.6 cm³/mol. The third-order valence-electron chi connectivity index (χ3n) is 3.21. The minimum atomic E-state index is 0.0712. The standard InChI is InChI=1S/C11H20N2O2/c1-8-5-9(7-15-8)11(14)13-10-3-2-4-12-6-10/h8-10,12H,2-7H2,1H3,(H,13,14)/t8?,9?,10-/m0/s1. The summed E-state index contributed by atoms with van der Waals surface area (Å²) in [6.07, 6.45) is 3.36. The van der Waals surface area contributed by atoms with Crippen molar-refractivity contribution < 1.29 is 9.53 Å². The summed E-state index contributed by atoms with van der Waals surface area (Å²) in [6, 6.07) is 0.321. The second-order valence-corrected chi connectivity index (χ2v) is 4.63. The van der Waals surface area contributed by atoms with Crippen molar-refractivity contribution in [3.05, 3.63) is 0 Å². The number of amides is 1. The van der Waals surface area contributed by atoms with Crippen molar-refractivity contribution in [1.82, 2.24) is 10.6 Å². The lowest BCUT2D eigenvalue weighted by Gasteiger charge is -2.24. The molecule has 4 heteroatoms. The molecule has 0 saturated carbocycles. The van der Waals surface area contributed by atoms with Gasteiger partial charge in [-0.1, -0.05) is 0 Å². The fourth-order valence-electron chi connectivity index (χ4n) is 2.29. The highest BCUT2D eigenvalue weighted by atomic mass is 16.5. The first-order valence-corrected chi connectivity index (χ1v) is 5.88. The Kier molecular flexibility index (Phi) is 3.59. The van der Waals surface area contributed by atoms with Crippen LogP contribution in [0.4, 0.5) is 0 Å². The van der Waals surface area contributed by atoms with Crippen LogP contribution in [-0.2, 0) is 9.53 Å². The molecule has 2 aliphatic rings. The number of hydrogen-bond donors (Lipinski definition) is 2. The molecule has 86 valence electrons. The Morgan fingerprint density at radius 1 is 1.53 bits per heavy atom. The summed E-state index contributed by atoms with van der Waals surface area (Å²) in [5.41, 5.74) is 0. The zero-order valence-corrected chi connectivity index (χ0v) is 9.29. The molecule has 0 aromatic carbocycles. The molecule has 0 bridgehead atoms. The molecule has 0 radical (unpaired) electrons. The summed E-state index contributed by atoms with van der Waals surface area (Å²) in [7, 11) is 0. The van der Waals surface area contributed by atoms with E-state index in [-0.39, 0.29) is 17.9 Å².